The fraction of sp³-hybridized carbons (Fsp3) is 0.00847. The van der Waals surface area contributed by atoms with Crippen molar-refractivity contribution in [3.63, 3.8) is 0 Å². The molecule has 0 unspecified atom stereocenters. The number of aromatic nitrogens is 6. The van der Waals surface area contributed by atoms with Crippen LogP contribution in [0.1, 0.15) is 22.3 Å². The van der Waals surface area contributed by atoms with Crippen molar-refractivity contribution < 1.29 is 0 Å². The third kappa shape index (κ3) is 9.65. The third-order valence-electron chi connectivity index (χ3n) is 28.4. The molecular formula is C118H62N6S8. The van der Waals surface area contributed by atoms with Crippen LogP contribution in [0.15, 0.2) is 377 Å². The van der Waals surface area contributed by atoms with Crippen LogP contribution in [0.25, 0.3) is 267 Å². The number of para-hydroxylation sites is 3. The number of thiophene rings is 8. The second-order valence-electron chi connectivity index (χ2n) is 34.8. The van der Waals surface area contributed by atoms with Gasteiger partial charge in [0.25, 0.3) is 0 Å². The van der Waals surface area contributed by atoms with Crippen molar-refractivity contribution in [3.05, 3.63) is 399 Å². The number of fused-ring (bicyclic) bond motifs is 52. The number of hydrogen-bond acceptors (Lipinski definition) is 11. The fourth-order valence-electron chi connectivity index (χ4n) is 23.3. The first-order valence-electron chi connectivity index (χ1n) is 44.4. The van der Waals surface area contributed by atoms with Crippen molar-refractivity contribution in [2.24, 2.45) is 0 Å². The monoisotopic (exact) mass is 1820 g/mol. The van der Waals surface area contributed by atoms with Crippen molar-refractivity contribution in [2.45, 2.75) is 5.41 Å². The summed E-state index contributed by atoms with van der Waals surface area (Å²) in [6.45, 7) is 0. The molecule has 0 fully saturated rings. The Labute approximate surface area is 782 Å². The summed E-state index contributed by atoms with van der Waals surface area (Å²) >= 11 is 15.0. The lowest BCUT2D eigenvalue weighted by molar-refractivity contribution is 0.792. The van der Waals surface area contributed by atoms with Gasteiger partial charge in [-0.25, -0.2) is 15.0 Å². The Hall–Kier alpha value is -14.7. The minimum atomic E-state index is -0.399. The van der Waals surface area contributed by atoms with E-state index in [1.807, 2.05) is 109 Å². The highest BCUT2D eigenvalue weighted by molar-refractivity contribution is 7.31. The lowest BCUT2D eigenvalue weighted by Crippen LogP contribution is -2.26. The van der Waals surface area contributed by atoms with E-state index in [-0.39, 0.29) is 0 Å². The smallest absolute Gasteiger partial charge is 0.124 e. The molecule has 0 N–H and O–H groups in total. The van der Waals surface area contributed by atoms with E-state index in [0.717, 1.165) is 14.5 Å². The maximum absolute atomic E-state index is 4.93. The Morgan fingerprint density at radius 2 is 0.508 bits per heavy atom. The molecule has 2 aliphatic rings. The quantitative estimate of drug-likeness (QED) is 0.177. The number of nitrogens with zero attached hydrogens (tertiary/aromatic N) is 6. The second kappa shape index (κ2) is 27.3. The summed E-state index contributed by atoms with van der Waals surface area (Å²) in [6, 6.07) is 132. The van der Waals surface area contributed by atoms with Gasteiger partial charge in [0, 0.05) is 191 Å². The number of hydrogen-bond donors (Lipinski definition) is 0. The molecule has 6 nitrogen and oxygen atoms in total. The van der Waals surface area contributed by atoms with Gasteiger partial charge in [-0.3, -0.25) is 0 Å². The molecule has 1 spiro atoms. The lowest BCUT2D eigenvalue weighted by atomic mass is 9.70. The average molecular weight is 1820 g/mol. The van der Waals surface area contributed by atoms with Gasteiger partial charge in [0.2, 0.25) is 0 Å². The van der Waals surface area contributed by atoms with E-state index in [4.69, 9.17) is 15.0 Å². The molecule has 31 aromatic rings. The number of rotatable bonds is 3. The summed E-state index contributed by atoms with van der Waals surface area (Å²) in [4.78, 5) is 17.9. The summed E-state index contributed by atoms with van der Waals surface area (Å²) < 4.78 is 24.9. The Bertz CT molecular complexity index is 10500. The Morgan fingerprint density at radius 1 is 0.189 bits per heavy atom. The van der Waals surface area contributed by atoms with Gasteiger partial charge < -0.3 is 13.7 Å². The van der Waals surface area contributed by atoms with Crippen LogP contribution in [0.5, 0.6) is 0 Å². The summed E-state index contributed by atoms with van der Waals surface area (Å²) in [5.74, 6) is 0. The SMILES string of the molecule is c1ccc2c(c1)-c1ccccc1C21c2ccccc2-c2ccc(-n3c4ccccc4c4c5sc6ccccc6c5c5c6cccnc6sc5c43)cc21.c1ccc2c(c1)sc1c(-n3c4ccccc4c4c5sc6ccccc6c5c5c6cccnc6sc5c43)cccc12.c1ccc2c(c1)sc1ccc(-n3c4ccccc4c4c5sc6ccccc6c5c5c6cccnc6sc5c43)cc12. The molecule has 612 valence electrons. The molecule has 0 saturated carbocycles. The molecule has 33 rings (SSSR count). The molecule has 0 aliphatic heterocycles. The lowest BCUT2D eigenvalue weighted by Gasteiger charge is -2.30. The van der Waals surface area contributed by atoms with Crippen LogP contribution in [0.2, 0.25) is 0 Å². The van der Waals surface area contributed by atoms with Crippen LogP contribution in [0.3, 0.4) is 0 Å². The summed E-state index contributed by atoms with van der Waals surface area (Å²) in [5, 5.41) is 29.0. The minimum absolute atomic E-state index is 0.399. The van der Waals surface area contributed by atoms with Gasteiger partial charge in [-0.05, 0) is 166 Å². The van der Waals surface area contributed by atoms with E-state index in [1.165, 1.54) is 274 Å². The molecule has 0 bridgehead atoms. The Kier molecular flexibility index (Phi) is 15.1. The van der Waals surface area contributed by atoms with E-state index in [1.54, 1.807) is 0 Å². The van der Waals surface area contributed by atoms with Gasteiger partial charge in [0.1, 0.15) is 14.5 Å². The molecule has 17 aromatic carbocycles. The highest BCUT2D eigenvalue weighted by atomic mass is 32.1. The van der Waals surface area contributed by atoms with E-state index in [0.29, 0.717) is 0 Å². The number of pyridine rings is 3. The van der Waals surface area contributed by atoms with Crippen molar-refractivity contribution in [1.82, 2.24) is 28.7 Å². The van der Waals surface area contributed by atoms with Gasteiger partial charge in [-0.1, -0.05) is 237 Å². The first-order valence-corrected chi connectivity index (χ1v) is 50.9. The second-order valence-corrected chi connectivity index (χ2v) is 43.1. The molecular weight excluding hydrogens is 1760 g/mol. The minimum Gasteiger partial charge on any atom is -0.308 e. The van der Waals surface area contributed by atoms with Gasteiger partial charge >= 0.3 is 0 Å². The highest BCUT2D eigenvalue weighted by Gasteiger charge is 2.52. The summed E-state index contributed by atoms with van der Waals surface area (Å²) in [6.07, 6.45) is 5.77. The zero-order valence-corrected chi connectivity index (χ0v) is 76.3. The van der Waals surface area contributed by atoms with E-state index < -0.39 is 5.41 Å². The molecule has 0 radical (unpaired) electrons. The molecule has 0 atom stereocenters. The maximum Gasteiger partial charge on any atom is 0.124 e. The van der Waals surface area contributed by atoms with Gasteiger partial charge in [0.15, 0.2) is 0 Å². The van der Waals surface area contributed by atoms with Crippen LogP contribution >= 0.6 is 90.7 Å². The van der Waals surface area contributed by atoms with Crippen molar-refractivity contribution in [1.29, 1.82) is 0 Å². The molecule has 0 amide bonds. The van der Waals surface area contributed by atoms with Crippen molar-refractivity contribution >= 4 is 318 Å². The molecule has 2 aliphatic carbocycles. The normalized spacial score (nSPS) is 13.1. The number of benzene rings is 17. The predicted octanol–water partition coefficient (Wildman–Crippen LogP) is 35.8. The molecule has 0 saturated heterocycles. The van der Waals surface area contributed by atoms with Crippen LogP contribution in [0.4, 0.5) is 0 Å². The van der Waals surface area contributed by atoms with Gasteiger partial charge in [-0.2, -0.15) is 0 Å². The first kappa shape index (κ1) is 73.2. The largest absolute Gasteiger partial charge is 0.308 e. The Morgan fingerprint density at radius 3 is 0.970 bits per heavy atom. The summed E-state index contributed by atoms with van der Waals surface area (Å²) in [7, 11) is 0. The summed E-state index contributed by atoms with van der Waals surface area (Å²) in [5.41, 5.74) is 21.6. The zero-order chi connectivity index (χ0) is 85.6. The molecule has 132 heavy (non-hydrogen) atoms. The van der Waals surface area contributed by atoms with Crippen molar-refractivity contribution in [3.8, 4) is 39.3 Å². The van der Waals surface area contributed by atoms with Gasteiger partial charge in [0.05, 0.1) is 63.0 Å². The topological polar surface area (TPSA) is 53.5 Å². The van der Waals surface area contributed by atoms with E-state index in [9.17, 15) is 0 Å². The third-order valence-corrected chi connectivity index (χ3v) is 37.7. The molecule has 14 heteroatoms. The maximum atomic E-state index is 4.93. The van der Waals surface area contributed by atoms with Crippen LogP contribution in [0, 0.1) is 0 Å². The van der Waals surface area contributed by atoms with Gasteiger partial charge in [-0.15, -0.1) is 90.7 Å². The van der Waals surface area contributed by atoms with Crippen molar-refractivity contribution in [2.75, 3.05) is 0 Å². The van der Waals surface area contributed by atoms with E-state index in [2.05, 4.69) is 372 Å². The van der Waals surface area contributed by atoms with E-state index >= 15 is 0 Å². The molecule has 14 aromatic heterocycles. The predicted molar refractivity (Wildman–Crippen MR) is 575 cm³/mol. The Balaban J connectivity index is 0.0000000944. The fourth-order valence-corrected chi connectivity index (χ4v) is 32.9. The molecule has 14 heterocycles. The zero-order valence-electron chi connectivity index (χ0n) is 69.7. The highest BCUT2D eigenvalue weighted by Crippen LogP contribution is 2.65. The standard InChI is InChI=1S/C48H26N2S2.2C35H18N2S3/c1-6-18-35-28(12-1)29-13-2-7-19-36(29)48(35)37-20-8-3-14-30(37)31-24-23-27(26-38(31)48)50-39-21-9-4-15-32(39)43-44(50)46-42(34-17-11-25-49-47(34)52-46)41-33-16-5-10-22-40(33)51-45(41)43;1-4-14-24-21(10-1)30-31(37(24)25-15-7-12-20-19-9-2-5-16-26(19)38-32(20)25)34-29(23-13-8-18-36-35(23)40-34)28-22-11-3-6-17-27(22)39-33(28)30;1-4-12-25-21(9-1)31-32(37(25)19-15-16-28-24(18-19)20-8-2-5-13-26(20)38-28)34-30(23-11-7-17-36-35(23)40-34)29-22-10-3-6-14-27(22)39-33(29)31/h1-26H;2*1-18H. The van der Waals surface area contributed by atoms with Crippen LogP contribution in [-0.2, 0) is 5.41 Å². The first-order chi connectivity index (χ1) is 65.5. The van der Waals surface area contributed by atoms with Crippen LogP contribution in [-0.4, -0.2) is 28.7 Å². The average Bonchev–Trinajstić information content (AvgIpc) is 1.59. The van der Waals surface area contributed by atoms with Crippen LogP contribution < -0.4 is 0 Å².